The fraction of sp³-hybridized carbons (Fsp3) is 0.238. The predicted octanol–water partition coefficient (Wildman–Crippen LogP) is 6.68. The van der Waals surface area contributed by atoms with Crippen molar-refractivity contribution in [2.45, 2.75) is 52.6 Å². The predicted molar refractivity (Wildman–Crippen MR) is 206 cm³/mol. The molecule has 0 fully saturated rings. The molecule has 4 aromatic carbocycles. The number of aromatic nitrogens is 1. The van der Waals surface area contributed by atoms with Crippen LogP contribution in [0.4, 0.5) is 5.69 Å². The SMILES string of the molecule is Cc1c(COc2cc(OCc3cncc(C#N)c3)c(CNC(C)(CO)C(=O)O)cc2Cl)cccc1-c1cccc(-c2ccc3c(c2)NC(=O)CNC3)c1C. The number of aliphatic hydroxyl groups is 1. The van der Waals surface area contributed by atoms with Crippen LogP contribution in [0.5, 0.6) is 11.5 Å². The standard InChI is InChI=1S/C42H40ClN5O6/c1-25-31(6-4-8-34(25)35-9-5-7-33(26(35)2)29-10-11-30-19-46-21-40(50)48-37(30)14-29)23-54-39-15-38(53-22-28-12-27(16-44)17-45-18-28)32(13-36(39)43)20-47-42(3,24-49)41(51)52/h4-15,17-18,46-47,49H,19-24H2,1-3H3,(H,48,50)(H,51,52). The Balaban J connectivity index is 1.26. The van der Waals surface area contributed by atoms with Gasteiger partial charge in [0.2, 0.25) is 5.91 Å². The molecule has 54 heavy (non-hydrogen) atoms. The summed E-state index contributed by atoms with van der Waals surface area (Å²) in [4.78, 5) is 28.2. The van der Waals surface area contributed by atoms with E-state index >= 15 is 0 Å². The largest absolute Gasteiger partial charge is 0.488 e. The maximum Gasteiger partial charge on any atom is 0.326 e. The number of carboxylic acids is 1. The quantitative estimate of drug-likeness (QED) is 0.0878. The summed E-state index contributed by atoms with van der Waals surface area (Å²) in [6.07, 6.45) is 3.05. The van der Waals surface area contributed by atoms with E-state index in [1.807, 2.05) is 24.3 Å². The number of anilines is 1. The van der Waals surface area contributed by atoms with Crippen LogP contribution in [0.25, 0.3) is 22.3 Å². The minimum absolute atomic E-state index is 0.0199. The average Bonchev–Trinajstić information content (AvgIpc) is 3.36. The summed E-state index contributed by atoms with van der Waals surface area (Å²) in [6, 6.07) is 25.5. The van der Waals surface area contributed by atoms with Gasteiger partial charge in [0.15, 0.2) is 0 Å². The number of aliphatic hydroxyl groups excluding tert-OH is 1. The highest BCUT2D eigenvalue weighted by atomic mass is 35.5. The number of ether oxygens (including phenoxy) is 2. The summed E-state index contributed by atoms with van der Waals surface area (Å²) in [7, 11) is 0. The molecule has 1 unspecified atom stereocenters. The van der Waals surface area contributed by atoms with Crippen LogP contribution in [-0.2, 0) is 35.9 Å². The number of aliphatic carboxylic acids is 1. The molecule has 0 saturated carbocycles. The number of halogens is 1. The molecule has 0 radical (unpaired) electrons. The second kappa shape index (κ2) is 16.5. The number of carbonyl (C=O) groups excluding carboxylic acids is 1. The highest BCUT2D eigenvalue weighted by Gasteiger charge is 2.32. The summed E-state index contributed by atoms with van der Waals surface area (Å²) in [5, 5.41) is 38.1. The van der Waals surface area contributed by atoms with E-state index in [1.165, 1.54) is 13.1 Å². The van der Waals surface area contributed by atoms with Crippen molar-refractivity contribution in [3.8, 4) is 39.8 Å². The molecular formula is C42H40ClN5O6. The summed E-state index contributed by atoms with van der Waals surface area (Å²) in [5.74, 6) is -0.540. The monoisotopic (exact) mass is 745 g/mol. The minimum atomic E-state index is -1.60. The summed E-state index contributed by atoms with van der Waals surface area (Å²) in [5.41, 5.74) is 9.13. The maximum absolute atomic E-state index is 12.2. The van der Waals surface area contributed by atoms with Gasteiger partial charge in [-0.25, -0.2) is 0 Å². The van der Waals surface area contributed by atoms with Crippen molar-refractivity contribution < 1.29 is 29.3 Å². The molecule has 12 heteroatoms. The molecule has 1 aliphatic heterocycles. The number of carbonyl (C=O) groups is 2. The van der Waals surface area contributed by atoms with E-state index < -0.39 is 18.1 Å². The van der Waals surface area contributed by atoms with E-state index in [-0.39, 0.29) is 32.2 Å². The molecule has 2 heterocycles. The van der Waals surface area contributed by atoms with Crippen molar-refractivity contribution in [3.63, 3.8) is 0 Å². The lowest BCUT2D eigenvalue weighted by Crippen LogP contribution is -2.52. The van der Waals surface area contributed by atoms with Gasteiger partial charge in [0.05, 0.1) is 23.7 Å². The summed E-state index contributed by atoms with van der Waals surface area (Å²) >= 11 is 6.75. The van der Waals surface area contributed by atoms with E-state index in [4.69, 9.17) is 21.1 Å². The van der Waals surface area contributed by atoms with Gasteiger partial charge >= 0.3 is 5.97 Å². The Morgan fingerprint density at radius 2 is 1.69 bits per heavy atom. The maximum atomic E-state index is 12.2. The number of fused-ring (bicyclic) bond motifs is 1. The number of nitrogens with zero attached hydrogens (tertiary/aromatic N) is 2. The fourth-order valence-corrected chi connectivity index (χ4v) is 6.52. The molecule has 0 spiro atoms. The number of hydrogen-bond acceptors (Lipinski definition) is 9. The smallest absolute Gasteiger partial charge is 0.326 e. The Labute approximate surface area is 318 Å². The van der Waals surface area contributed by atoms with Gasteiger partial charge in [-0.1, -0.05) is 60.1 Å². The second-order valence-corrected chi connectivity index (χ2v) is 13.8. The molecule has 0 saturated heterocycles. The molecule has 11 nitrogen and oxygen atoms in total. The Hall–Kier alpha value is -5.77. The Morgan fingerprint density at radius 1 is 0.944 bits per heavy atom. The number of benzene rings is 4. The number of carboxylic acid groups (broad SMARTS) is 1. The van der Waals surface area contributed by atoms with Crippen LogP contribution in [0.2, 0.25) is 5.02 Å². The molecule has 1 aliphatic rings. The molecule has 6 rings (SSSR count). The number of pyridine rings is 1. The zero-order valence-electron chi connectivity index (χ0n) is 30.1. The Kier molecular flexibility index (Phi) is 11.6. The molecule has 5 aromatic rings. The van der Waals surface area contributed by atoms with Crippen molar-refractivity contribution in [3.05, 3.63) is 129 Å². The lowest BCUT2D eigenvalue weighted by atomic mass is 9.89. The van der Waals surface area contributed by atoms with Crippen molar-refractivity contribution in [1.29, 1.82) is 5.26 Å². The van der Waals surface area contributed by atoms with Crippen LogP contribution in [0, 0.1) is 25.2 Å². The fourth-order valence-electron chi connectivity index (χ4n) is 6.28. The van der Waals surface area contributed by atoms with E-state index in [2.05, 4.69) is 71.2 Å². The van der Waals surface area contributed by atoms with Crippen molar-refractivity contribution in [1.82, 2.24) is 15.6 Å². The number of nitrogens with one attached hydrogen (secondary N) is 3. The lowest BCUT2D eigenvalue weighted by molar-refractivity contribution is -0.145. The van der Waals surface area contributed by atoms with Gasteiger partial charge in [-0.05, 0) is 83.5 Å². The molecule has 1 atom stereocenters. The van der Waals surface area contributed by atoms with Gasteiger partial charge in [0.1, 0.15) is 36.3 Å². The average molecular weight is 746 g/mol. The summed E-state index contributed by atoms with van der Waals surface area (Å²) < 4.78 is 12.5. The van der Waals surface area contributed by atoms with E-state index in [0.717, 1.165) is 50.2 Å². The van der Waals surface area contributed by atoms with Gasteiger partial charge in [0, 0.05) is 48.4 Å². The van der Waals surface area contributed by atoms with Crippen LogP contribution >= 0.6 is 11.6 Å². The number of amides is 1. The van der Waals surface area contributed by atoms with E-state index in [0.29, 0.717) is 39.8 Å². The van der Waals surface area contributed by atoms with Gasteiger partial charge in [-0.15, -0.1) is 0 Å². The first kappa shape index (κ1) is 38.0. The highest BCUT2D eigenvalue weighted by Crippen LogP contribution is 2.38. The normalized spacial score (nSPS) is 13.5. The van der Waals surface area contributed by atoms with Crippen molar-refractivity contribution >= 4 is 29.2 Å². The molecular weight excluding hydrogens is 706 g/mol. The van der Waals surface area contributed by atoms with Crippen LogP contribution in [0.15, 0.2) is 85.2 Å². The van der Waals surface area contributed by atoms with Crippen LogP contribution in [0.1, 0.15) is 45.9 Å². The van der Waals surface area contributed by atoms with Gasteiger partial charge in [-0.3, -0.25) is 19.9 Å². The lowest BCUT2D eigenvalue weighted by Gasteiger charge is -2.25. The number of rotatable bonds is 13. The topological polar surface area (TPSA) is 166 Å². The van der Waals surface area contributed by atoms with Crippen molar-refractivity contribution in [2.24, 2.45) is 0 Å². The zero-order valence-corrected chi connectivity index (χ0v) is 30.9. The highest BCUT2D eigenvalue weighted by molar-refractivity contribution is 6.32. The first-order valence-electron chi connectivity index (χ1n) is 17.3. The Morgan fingerprint density at radius 3 is 2.44 bits per heavy atom. The summed E-state index contributed by atoms with van der Waals surface area (Å²) in [6.45, 7) is 6.10. The van der Waals surface area contributed by atoms with Crippen LogP contribution < -0.4 is 25.4 Å². The first-order valence-corrected chi connectivity index (χ1v) is 17.7. The van der Waals surface area contributed by atoms with Gasteiger partial charge in [0.25, 0.3) is 0 Å². The molecule has 1 aromatic heterocycles. The first-order chi connectivity index (χ1) is 26.0. The third-order valence-corrected chi connectivity index (χ3v) is 9.94. The molecule has 0 aliphatic carbocycles. The van der Waals surface area contributed by atoms with Crippen LogP contribution in [-0.4, -0.2) is 45.8 Å². The molecule has 0 bridgehead atoms. The third kappa shape index (κ3) is 8.38. The molecule has 276 valence electrons. The third-order valence-electron chi connectivity index (χ3n) is 9.64. The minimum Gasteiger partial charge on any atom is -0.488 e. The van der Waals surface area contributed by atoms with Crippen LogP contribution in [0.3, 0.4) is 0 Å². The zero-order chi connectivity index (χ0) is 38.4. The molecule has 1 amide bonds. The number of hydrogen-bond donors (Lipinski definition) is 5. The Bertz CT molecular complexity index is 2270. The van der Waals surface area contributed by atoms with E-state index in [9.17, 15) is 25.1 Å². The second-order valence-electron chi connectivity index (χ2n) is 13.4. The molecule has 5 N–H and O–H groups in total. The van der Waals surface area contributed by atoms with Gasteiger partial charge < -0.3 is 30.3 Å². The van der Waals surface area contributed by atoms with Crippen molar-refractivity contribution in [2.75, 3.05) is 18.5 Å². The van der Waals surface area contributed by atoms with E-state index in [1.54, 1.807) is 24.4 Å². The number of nitriles is 1. The van der Waals surface area contributed by atoms with Gasteiger partial charge in [-0.2, -0.15) is 5.26 Å².